The van der Waals surface area contributed by atoms with Gasteiger partial charge < -0.3 is 9.84 Å². The van der Waals surface area contributed by atoms with Gasteiger partial charge in [-0.1, -0.05) is 60.8 Å². The standard InChI is InChI=1S/C22H32O3/c23-22(24)19-17-15-13-11-9-7-5-3-1-2-4-6-8-10-12-14-16-18-21-20-25-21/h2-5,8-11,14,16,21H,1,6-7,12-13,15,17-20H2,(H,23,24)/b4-2-,5-3-,10-8-,11-9-,16-14-. The van der Waals surface area contributed by atoms with Crippen LogP contribution in [0.2, 0.25) is 0 Å². The van der Waals surface area contributed by atoms with Gasteiger partial charge in [-0.25, -0.2) is 0 Å². The molecule has 0 bridgehead atoms. The summed E-state index contributed by atoms with van der Waals surface area (Å²) in [4.78, 5) is 10.4. The van der Waals surface area contributed by atoms with Gasteiger partial charge in [-0.3, -0.25) is 4.79 Å². The van der Waals surface area contributed by atoms with E-state index in [4.69, 9.17) is 9.84 Å². The smallest absolute Gasteiger partial charge is 0.303 e. The number of aliphatic carboxylic acids is 1. The van der Waals surface area contributed by atoms with E-state index < -0.39 is 5.97 Å². The van der Waals surface area contributed by atoms with E-state index in [1.165, 1.54) is 0 Å². The summed E-state index contributed by atoms with van der Waals surface area (Å²) in [5.41, 5.74) is 0. The predicted molar refractivity (Wildman–Crippen MR) is 105 cm³/mol. The number of ether oxygens (including phenoxy) is 1. The molecule has 1 unspecified atom stereocenters. The molecule has 0 saturated carbocycles. The van der Waals surface area contributed by atoms with Crippen LogP contribution in [0.25, 0.3) is 0 Å². The maximum atomic E-state index is 10.4. The zero-order chi connectivity index (χ0) is 18.0. The number of allylic oxidation sites excluding steroid dienone is 9. The Morgan fingerprint density at radius 3 is 1.76 bits per heavy atom. The lowest BCUT2D eigenvalue weighted by atomic mass is 10.2. The quantitative estimate of drug-likeness (QED) is 0.233. The van der Waals surface area contributed by atoms with Crippen LogP contribution in [0, 0.1) is 0 Å². The number of carboxylic acids is 1. The van der Waals surface area contributed by atoms with Crippen molar-refractivity contribution in [2.24, 2.45) is 0 Å². The summed E-state index contributed by atoms with van der Waals surface area (Å²) in [5.74, 6) is -0.702. The average molecular weight is 344 g/mol. The second-order valence-electron chi connectivity index (χ2n) is 6.13. The minimum Gasteiger partial charge on any atom is -0.481 e. The Morgan fingerprint density at radius 2 is 1.28 bits per heavy atom. The molecule has 1 fully saturated rings. The van der Waals surface area contributed by atoms with Gasteiger partial charge >= 0.3 is 5.97 Å². The molecule has 25 heavy (non-hydrogen) atoms. The molecule has 1 aliphatic heterocycles. The molecule has 1 saturated heterocycles. The monoisotopic (exact) mass is 344 g/mol. The lowest BCUT2D eigenvalue weighted by Crippen LogP contribution is -1.92. The molecule has 0 aromatic heterocycles. The fraction of sp³-hybridized carbons (Fsp3) is 0.500. The van der Waals surface area contributed by atoms with Crippen LogP contribution < -0.4 is 0 Å². The Balaban J connectivity index is 1.86. The minimum absolute atomic E-state index is 0.280. The molecular formula is C22H32O3. The molecule has 1 N–H and O–H groups in total. The number of epoxide rings is 1. The highest BCUT2D eigenvalue weighted by Crippen LogP contribution is 2.13. The minimum atomic E-state index is -0.702. The molecule has 0 spiro atoms. The number of unbranched alkanes of at least 4 members (excludes halogenated alkanes) is 2. The molecule has 1 aliphatic rings. The van der Waals surface area contributed by atoms with Gasteiger partial charge in [0.05, 0.1) is 12.7 Å². The molecule has 0 amide bonds. The summed E-state index contributed by atoms with van der Waals surface area (Å²) in [6, 6.07) is 0. The van der Waals surface area contributed by atoms with Gasteiger partial charge in [0.1, 0.15) is 0 Å². The van der Waals surface area contributed by atoms with E-state index in [2.05, 4.69) is 60.8 Å². The van der Waals surface area contributed by atoms with E-state index in [0.29, 0.717) is 6.10 Å². The fourth-order valence-corrected chi connectivity index (χ4v) is 2.19. The molecule has 3 heteroatoms. The third-order valence-corrected chi connectivity index (χ3v) is 3.73. The first-order chi connectivity index (χ1) is 12.3. The van der Waals surface area contributed by atoms with Crippen molar-refractivity contribution < 1.29 is 14.6 Å². The molecule has 1 heterocycles. The Morgan fingerprint density at radius 1 is 0.800 bits per heavy atom. The van der Waals surface area contributed by atoms with Crippen molar-refractivity contribution >= 4 is 5.97 Å². The highest BCUT2D eigenvalue weighted by Gasteiger charge is 2.19. The van der Waals surface area contributed by atoms with Crippen molar-refractivity contribution in [3.05, 3.63) is 60.8 Å². The van der Waals surface area contributed by atoms with Crippen LogP contribution in [0.1, 0.15) is 57.8 Å². The van der Waals surface area contributed by atoms with Gasteiger partial charge in [0, 0.05) is 6.42 Å². The van der Waals surface area contributed by atoms with Crippen molar-refractivity contribution in [1.82, 2.24) is 0 Å². The van der Waals surface area contributed by atoms with E-state index >= 15 is 0 Å². The van der Waals surface area contributed by atoms with Gasteiger partial charge in [0.15, 0.2) is 0 Å². The second kappa shape index (κ2) is 15.6. The van der Waals surface area contributed by atoms with Gasteiger partial charge in [0.25, 0.3) is 0 Å². The Hall–Kier alpha value is -1.87. The number of carbonyl (C=O) groups is 1. The van der Waals surface area contributed by atoms with Gasteiger partial charge in [-0.15, -0.1) is 0 Å². The summed E-state index contributed by atoms with van der Waals surface area (Å²) >= 11 is 0. The van der Waals surface area contributed by atoms with Gasteiger partial charge in [0.2, 0.25) is 0 Å². The van der Waals surface area contributed by atoms with Crippen LogP contribution in [0.5, 0.6) is 0 Å². The van der Waals surface area contributed by atoms with Crippen molar-refractivity contribution in [3.63, 3.8) is 0 Å². The predicted octanol–water partition coefficient (Wildman–Crippen LogP) is 5.76. The number of hydrogen-bond acceptors (Lipinski definition) is 2. The van der Waals surface area contributed by atoms with Crippen LogP contribution in [0.3, 0.4) is 0 Å². The average Bonchev–Trinajstić information content (AvgIpc) is 3.41. The Bertz CT molecular complexity index is 480. The third-order valence-electron chi connectivity index (χ3n) is 3.73. The normalized spacial score (nSPS) is 17.8. The molecule has 0 aromatic rings. The second-order valence-corrected chi connectivity index (χ2v) is 6.13. The number of carboxylic acid groups (broad SMARTS) is 1. The summed E-state index contributed by atoms with van der Waals surface area (Å²) in [7, 11) is 0. The van der Waals surface area contributed by atoms with Crippen molar-refractivity contribution in [3.8, 4) is 0 Å². The van der Waals surface area contributed by atoms with E-state index in [1.54, 1.807) is 0 Å². The van der Waals surface area contributed by atoms with Crippen molar-refractivity contribution in [2.75, 3.05) is 6.61 Å². The molecular weight excluding hydrogens is 312 g/mol. The highest BCUT2D eigenvalue weighted by atomic mass is 16.6. The molecule has 0 aromatic carbocycles. The van der Waals surface area contributed by atoms with Crippen LogP contribution in [-0.4, -0.2) is 23.8 Å². The first kappa shape index (κ1) is 21.2. The fourth-order valence-electron chi connectivity index (χ4n) is 2.19. The zero-order valence-electron chi connectivity index (χ0n) is 15.2. The Kier molecular flexibility index (Phi) is 13.3. The molecule has 1 rings (SSSR count). The molecule has 0 radical (unpaired) electrons. The number of hydrogen-bond donors (Lipinski definition) is 1. The SMILES string of the molecule is O=C(O)CCCC/C=C\C/C=C\C/C=C\C/C=C\C/C=C\CC1CO1. The molecule has 1 atom stereocenters. The summed E-state index contributed by atoms with van der Waals surface area (Å²) < 4.78 is 5.14. The number of rotatable bonds is 15. The maximum Gasteiger partial charge on any atom is 0.303 e. The van der Waals surface area contributed by atoms with Crippen molar-refractivity contribution in [1.29, 1.82) is 0 Å². The van der Waals surface area contributed by atoms with Crippen LogP contribution in [-0.2, 0) is 9.53 Å². The van der Waals surface area contributed by atoms with Gasteiger partial charge in [-0.2, -0.15) is 0 Å². The van der Waals surface area contributed by atoms with Crippen LogP contribution in [0.4, 0.5) is 0 Å². The largest absolute Gasteiger partial charge is 0.481 e. The van der Waals surface area contributed by atoms with E-state index in [1.807, 2.05) is 0 Å². The third kappa shape index (κ3) is 16.8. The molecule has 138 valence electrons. The van der Waals surface area contributed by atoms with E-state index in [0.717, 1.165) is 58.0 Å². The zero-order valence-corrected chi connectivity index (χ0v) is 15.2. The lowest BCUT2D eigenvalue weighted by Gasteiger charge is -1.92. The van der Waals surface area contributed by atoms with Gasteiger partial charge in [-0.05, 0) is 51.4 Å². The highest BCUT2D eigenvalue weighted by molar-refractivity contribution is 5.66. The summed E-state index contributed by atoms with van der Waals surface area (Å²) in [6.07, 6.45) is 30.2. The lowest BCUT2D eigenvalue weighted by molar-refractivity contribution is -0.137. The maximum absolute atomic E-state index is 10.4. The summed E-state index contributed by atoms with van der Waals surface area (Å²) in [5, 5.41) is 8.52. The summed E-state index contributed by atoms with van der Waals surface area (Å²) in [6.45, 7) is 0.935. The topological polar surface area (TPSA) is 49.8 Å². The molecule has 3 nitrogen and oxygen atoms in total. The Labute approximate surface area is 152 Å². The van der Waals surface area contributed by atoms with E-state index in [-0.39, 0.29) is 6.42 Å². The van der Waals surface area contributed by atoms with Crippen molar-refractivity contribution in [2.45, 2.75) is 63.9 Å². The first-order valence-corrected chi connectivity index (χ1v) is 9.37. The molecule has 0 aliphatic carbocycles. The van der Waals surface area contributed by atoms with Crippen LogP contribution in [0.15, 0.2) is 60.8 Å². The van der Waals surface area contributed by atoms with Crippen LogP contribution >= 0.6 is 0 Å². The first-order valence-electron chi connectivity index (χ1n) is 9.37. The van der Waals surface area contributed by atoms with E-state index in [9.17, 15) is 4.79 Å².